The van der Waals surface area contributed by atoms with E-state index in [0.29, 0.717) is 22.5 Å². The van der Waals surface area contributed by atoms with Crippen molar-refractivity contribution in [3.63, 3.8) is 0 Å². The van der Waals surface area contributed by atoms with Gasteiger partial charge in [0, 0.05) is 6.08 Å². The number of ketones is 1. The van der Waals surface area contributed by atoms with Crippen LogP contribution in [0, 0.1) is 5.82 Å². The van der Waals surface area contributed by atoms with E-state index in [0.717, 1.165) is 16.7 Å². The minimum absolute atomic E-state index is 0.157. The lowest BCUT2D eigenvalue weighted by molar-refractivity contribution is -0.118. The average molecular weight is 447 g/mol. The molecule has 0 spiro atoms. The summed E-state index contributed by atoms with van der Waals surface area (Å²) < 4.78 is 29.7. The first-order valence-electron chi connectivity index (χ1n) is 10.2. The summed E-state index contributed by atoms with van der Waals surface area (Å²) in [4.78, 5) is 24.8. The summed E-state index contributed by atoms with van der Waals surface area (Å²) >= 11 is 0. The zero-order valence-electron chi connectivity index (χ0n) is 18.4. The number of benzene rings is 1. The van der Waals surface area contributed by atoms with Gasteiger partial charge < -0.3 is 19.2 Å². The Morgan fingerprint density at radius 3 is 2.48 bits per heavy atom. The van der Waals surface area contributed by atoms with Gasteiger partial charge in [-0.25, -0.2) is 4.39 Å². The van der Waals surface area contributed by atoms with E-state index < -0.39 is 5.82 Å². The Bertz CT molecular complexity index is 1250. The maximum atomic E-state index is 14.1. The summed E-state index contributed by atoms with van der Waals surface area (Å²) in [5.74, 6) is -0.121. The number of methoxy groups -OCH3 is 2. The van der Waals surface area contributed by atoms with Gasteiger partial charge in [-0.3, -0.25) is 9.59 Å². The fourth-order valence-corrected chi connectivity index (χ4v) is 3.81. The van der Waals surface area contributed by atoms with Gasteiger partial charge in [0.05, 0.1) is 27.0 Å². The molecule has 0 radical (unpaired) electrons. The number of nitrogens with one attached hydrogen (secondary N) is 1. The third kappa shape index (κ3) is 4.43. The molecule has 2 aliphatic carbocycles. The highest BCUT2D eigenvalue weighted by atomic mass is 19.1. The number of carbonyl (C=O) groups excluding carboxylic acids is 2. The number of fused-ring (bicyclic) bond motifs is 1. The zero-order valence-corrected chi connectivity index (χ0v) is 18.4. The van der Waals surface area contributed by atoms with E-state index >= 15 is 0 Å². The number of allylic oxidation sites excluding steroid dienone is 7. The molecule has 4 rings (SSSR count). The third-order valence-corrected chi connectivity index (χ3v) is 5.46. The highest BCUT2D eigenvalue weighted by molar-refractivity contribution is 6.10. The van der Waals surface area contributed by atoms with Crippen LogP contribution < -0.4 is 5.32 Å². The van der Waals surface area contributed by atoms with Gasteiger partial charge in [-0.1, -0.05) is 6.07 Å². The van der Waals surface area contributed by atoms with Gasteiger partial charge in [0.15, 0.2) is 11.5 Å². The molecule has 1 N–H and O–H groups in total. The Hall–Kier alpha value is -4.13. The van der Waals surface area contributed by atoms with Gasteiger partial charge in [0.1, 0.15) is 11.6 Å². The summed E-state index contributed by atoms with van der Waals surface area (Å²) in [7, 11) is 2.83. The van der Waals surface area contributed by atoms with Gasteiger partial charge in [0.25, 0.3) is 5.78 Å². The molecule has 0 saturated heterocycles. The number of rotatable bonds is 6. The van der Waals surface area contributed by atoms with Crippen LogP contribution in [0.3, 0.4) is 0 Å². The van der Waals surface area contributed by atoms with Crippen LogP contribution in [-0.4, -0.2) is 25.9 Å². The summed E-state index contributed by atoms with van der Waals surface area (Å²) in [5.41, 5.74) is 4.30. The molecule has 2 aliphatic rings. The molecule has 0 aliphatic heterocycles. The highest BCUT2D eigenvalue weighted by Gasteiger charge is 2.26. The van der Waals surface area contributed by atoms with Gasteiger partial charge in [-0.2, -0.15) is 0 Å². The second-order valence-corrected chi connectivity index (χ2v) is 7.48. The smallest absolute Gasteiger partial charge is 0.261 e. The van der Waals surface area contributed by atoms with Crippen LogP contribution in [0.25, 0.3) is 11.1 Å². The van der Waals surface area contributed by atoms with Gasteiger partial charge in [-0.05, 0) is 82.8 Å². The molecule has 1 heterocycles. The monoisotopic (exact) mass is 447 g/mol. The molecule has 0 atom stereocenters. The van der Waals surface area contributed by atoms with E-state index in [9.17, 15) is 14.0 Å². The number of halogens is 1. The van der Waals surface area contributed by atoms with Crippen molar-refractivity contribution in [1.82, 2.24) is 5.32 Å². The van der Waals surface area contributed by atoms with Crippen LogP contribution in [-0.2, 0) is 25.6 Å². The van der Waals surface area contributed by atoms with E-state index in [2.05, 4.69) is 5.32 Å². The number of amides is 1. The van der Waals surface area contributed by atoms with Gasteiger partial charge >= 0.3 is 0 Å². The first-order valence-corrected chi connectivity index (χ1v) is 10.2. The van der Waals surface area contributed by atoms with Crippen molar-refractivity contribution in [3.05, 3.63) is 106 Å². The normalized spacial score (nSPS) is 16.4. The first kappa shape index (κ1) is 22.1. The van der Waals surface area contributed by atoms with Crippen molar-refractivity contribution in [2.75, 3.05) is 14.2 Å². The number of carbonyl (C=O) groups is 2. The minimum atomic E-state index is -0.399. The van der Waals surface area contributed by atoms with Crippen LogP contribution in [0.4, 0.5) is 4.39 Å². The molecular formula is C26H22FNO5. The van der Waals surface area contributed by atoms with Crippen molar-refractivity contribution >= 4 is 22.8 Å². The number of Topliss-reactive ketones (excluding diaryl/α,β-unsaturated/α-hetero) is 1. The van der Waals surface area contributed by atoms with Crippen LogP contribution in [0.1, 0.15) is 23.8 Å². The van der Waals surface area contributed by atoms with E-state index in [-0.39, 0.29) is 29.8 Å². The van der Waals surface area contributed by atoms with Crippen LogP contribution in [0.15, 0.2) is 88.0 Å². The van der Waals surface area contributed by atoms with Crippen molar-refractivity contribution in [1.29, 1.82) is 0 Å². The maximum Gasteiger partial charge on any atom is 0.261 e. The van der Waals surface area contributed by atoms with Crippen molar-refractivity contribution in [2.24, 2.45) is 0 Å². The van der Waals surface area contributed by atoms with Crippen molar-refractivity contribution in [3.8, 4) is 0 Å². The van der Waals surface area contributed by atoms with Crippen molar-refractivity contribution in [2.45, 2.75) is 13.5 Å². The Morgan fingerprint density at radius 1 is 1.12 bits per heavy atom. The molecular weight excluding hydrogens is 425 g/mol. The fraction of sp³-hybridized carbons (Fsp3) is 0.154. The quantitative estimate of drug-likeness (QED) is 0.661. The molecule has 7 heteroatoms. The largest absolute Gasteiger partial charge is 0.492 e. The number of hydrogen-bond donors (Lipinski definition) is 1. The Morgan fingerprint density at radius 2 is 1.85 bits per heavy atom. The van der Waals surface area contributed by atoms with Crippen LogP contribution in [0.5, 0.6) is 0 Å². The van der Waals surface area contributed by atoms with Crippen LogP contribution in [0.2, 0.25) is 0 Å². The van der Waals surface area contributed by atoms with Crippen molar-refractivity contribution < 1.29 is 27.9 Å². The number of hydrogen-bond acceptors (Lipinski definition) is 5. The standard InChI is InChI=1S/C26H22FNO5/c1-15-20(9-16-10-23(31-2)26(30)24(11-16)32-3)19-7-6-17(27)12-22(19)21(15)13-25(29)28-14-18-5-4-8-33-18/h4-13H,14H2,1-3H3,(H,28,29). The number of ether oxygens (including phenoxy) is 2. The molecule has 0 fully saturated rings. The van der Waals surface area contributed by atoms with Crippen LogP contribution >= 0.6 is 0 Å². The first-order chi connectivity index (χ1) is 15.9. The Labute approximate surface area is 190 Å². The number of furan rings is 1. The van der Waals surface area contributed by atoms with E-state index in [1.54, 1.807) is 30.4 Å². The maximum absolute atomic E-state index is 14.1. The molecule has 0 saturated carbocycles. The predicted molar refractivity (Wildman–Crippen MR) is 121 cm³/mol. The molecule has 2 aromatic rings. The van der Waals surface area contributed by atoms with E-state index in [1.807, 2.05) is 13.0 Å². The molecule has 1 amide bonds. The Kier molecular flexibility index (Phi) is 6.13. The van der Waals surface area contributed by atoms with Gasteiger partial charge in [-0.15, -0.1) is 0 Å². The third-order valence-electron chi connectivity index (χ3n) is 5.46. The molecule has 1 aromatic heterocycles. The Balaban J connectivity index is 1.73. The topological polar surface area (TPSA) is 77.8 Å². The second kappa shape index (κ2) is 9.16. The second-order valence-electron chi connectivity index (χ2n) is 7.48. The molecule has 6 nitrogen and oxygen atoms in total. The molecule has 0 bridgehead atoms. The lowest BCUT2D eigenvalue weighted by Crippen LogP contribution is -2.20. The molecule has 1 aromatic carbocycles. The zero-order chi connectivity index (χ0) is 23.5. The summed E-state index contributed by atoms with van der Waals surface area (Å²) in [6.45, 7) is 2.11. The summed E-state index contributed by atoms with van der Waals surface area (Å²) in [6.07, 6.45) is 8.09. The summed E-state index contributed by atoms with van der Waals surface area (Å²) in [6, 6.07) is 7.98. The lowest BCUT2D eigenvalue weighted by Gasteiger charge is -2.14. The fourth-order valence-electron chi connectivity index (χ4n) is 3.81. The molecule has 168 valence electrons. The van der Waals surface area contributed by atoms with E-state index in [4.69, 9.17) is 13.9 Å². The van der Waals surface area contributed by atoms with E-state index in [1.165, 1.54) is 38.7 Å². The molecule has 0 unspecified atom stereocenters. The van der Waals surface area contributed by atoms with Gasteiger partial charge in [0.2, 0.25) is 5.91 Å². The lowest BCUT2D eigenvalue weighted by atomic mass is 9.99. The highest BCUT2D eigenvalue weighted by Crippen LogP contribution is 2.43. The molecule has 33 heavy (non-hydrogen) atoms. The predicted octanol–water partition coefficient (Wildman–Crippen LogP) is 4.48. The summed E-state index contributed by atoms with van der Waals surface area (Å²) in [5, 5.41) is 2.78. The SMILES string of the molecule is COC1=CC(=CC2=C(C)C(=CC(=O)NCc3ccco3)c3cc(F)ccc32)C=C(OC)C1=O. The average Bonchev–Trinajstić information content (AvgIpc) is 3.41. The minimum Gasteiger partial charge on any atom is -0.492 e.